The van der Waals surface area contributed by atoms with Crippen LogP contribution in [0.2, 0.25) is 0 Å². The summed E-state index contributed by atoms with van der Waals surface area (Å²) < 4.78 is 38.0. The average molecular weight is 366 g/mol. The number of benzene rings is 1. The molecular weight excluding hydrogens is 346 g/mol. The molecule has 1 spiro atoms. The van der Waals surface area contributed by atoms with Gasteiger partial charge in [-0.15, -0.1) is 0 Å². The molecule has 0 radical (unpaired) electrons. The second-order valence-corrected chi connectivity index (χ2v) is 7.03. The fraction of sp³-hybridized carbons (Fsp3) is 0.556. The van der Waals surface area contributed by atoms with E-state index >= 15 is 0 Å². The number of halogens is 2. The lowest BCUT2D eigenvalue weighted by atomic mass is 9.89. The highest BCUT2D eigenvalue weighted by Crippen LogP contribution is 2.47. The van der Waals surface area contributed by atoms with Crippen molar-refractivity contribution in [1.82, 2.24) is 9.80 Å². The third kappa shape index (κ3) is 2.63. The second kappa shape index (κ2) is 6.19. The number of rotatable bonds is 1. The Labute approximate surface area is 149 Å². The molecule has 26 heavy (non-hydrogen) atoms. The van der Waals surface area contributed by atoms with Crippen molar-refractivity contribution in [2.45, 2.75) is 43.6 Å². The number of carbonyl (C=O) groups excluding carboxylic acids is 2. The average Bonchev–Trinajstić information content (AvgIpc) is 3.13. The van der Waals surface area contributed by atoms with E-state index in [0.717, 1.165) is 6.07 Å². The van der Waals surface area contributed by atoms with E-state index in [2.05, 4.69) is 0 Å². The van der Waals surface area contributed by atoms with Crippen LogP contribution in [0, 0.1) is 11.6 Å². The van der Waals surface area contributed by atoms with Gasteiger partial charge in [-0.3, -0.25) is 4.79 Å². The van der Waals surface area contributed by atoms with E-state index in [4.69, 9.17) is 9.47 Å². The van der Waals surface area contributed by atoms with E-state index in [0.29, 0.717) is 44.3 Å². The minimum atomic E-state index is -0.959. The van der Waals surface area contributed by atoms with Crippen LogP contribution in [0.15, 0.2) is 18.2 Å². The molecule has 8 heteroatoms. The monoisotopic (exact) mass is 366 g/mol. The first kappa shape index (κ1) is 17.2. The van der Waals surface area contributed by atoms with Crippen LogP contribution in [-0.4, -0.2) is 53.8 Å². The minimum Gasteiger partial charge on any atom is -0.453 e. The van der Waals surface area contributed by atoms with Crippen molar-refractivity contribution in [1.29, 1.82) is 0 Å². The molecule has 2 amide bonds. The molecule has 3 fully saturated rings. The van der Waals surface area contributed by atoms with Crippen LogP contribution in [0.4, 0.5) is 13.6 Å². The fourth-order valence-electron chi connectivity index (χ4n) is 4.32. The van der Waals surface area contributed by atoms with E-state index in [-0.39, 0.29) is 12.1 Å². The second-order valence-electron chi connectivity index (χ2n) is 7.03. The maximum absolute atomic E-state index is 13.6. The molecule has 1 aromatic rings. The minimum absolute atomic E-state index is 0.154. The van der Waals surface area contributed by atoms with Gasteiger partial charge in [-0.25, -0.2) is 13.6 Å². The number of likely N-dealkylation sites (tertiary alicyclic amines) is 1. The van der Waals surface area contributed by atoms with E-state index in [1.165, 1.54) is 19.2 Å². The molecule has 3 aliphatic heterocycles. The number of amides is 2. The zero-order valence-corrected chi connectivity index (χ0v) is 14.4. The normalized spacial score (nSPS) is 27.1. The summed E-state index contributed by atoms with van der Waals surface area (Å²) in [5.74, 6) is -1.46. The van der Waals surface area contributed by atoms with Crippen LogP contribution < -0.4 is 0 Å². The summed E-state index contributed by atoms with van der Waals surface area (Å²) in [6.07, 6.45) is 1.19. The Kier molecular flexibility index (Phi) is 4.10. The molecule has 6 nitrogen and oxygen atoms in total. The molecule has 0 unspecified atom stereocenters. The van der Waals surface area contributed by atoms with E-state index in [1.54, 1.807) is 9.80 Å². The van der Waals surface area contributed by atoms with Gasteiger partial charge >= 0.3 is 6.09 Å². The predicted molar refractivity (Wildman–Crippen MR) is 86.0 cm³/mol. The summed E-state index contributed by atoms with van der Waals surface area (Å²) in [5.41, 5.74) is -0.509. The van der Waals surface area contributed by atoms with Crippen LogP contribution in [0.5, 0.6) is 0 Å². The van der Waals surface area contributed by atoms with Gasteiger partial charge in [0.15, 0.2) is 5.60 Å². The van der Waals surface area contributed by atoms with Crippen molar-refractivity contribution in [3.8, 4) is 0 Å². The molecule has 3 aliphatic rings. The zero-order valence-electron chi connectivity index (χ0n) is 14.4. The largest absolute Gasteiger partial charge is 0.453 e. The van der Waals surface area contributed by atoms with Gasteiger partial charge in [0, 0.05) is 32.0 Å². The van der Waals surface area contributed by atoms with Crippen molar-refractivity contribution < 1.29 is 27.8 Å². The van der Waals surface area contributed by atoms with Gasteiger partial charge in [0.2, 0.25) is 0 Å². The number of nitrogens with zero attached hydrogens (tertiary/aromatic N) is 2. The Morgan fingerprint density at radius 2 is 1.85 bits per heavy atom. The van der Waals surface area contributed by atoms with Crippen molar-refractivity contribution >= 4 is 12.0 Å². The summed E-state index contributed by atoms with van der Waals surface area (Å²) in [7, 11) is 1.32. The number of hydrogen-bond donors (Lipinski definition) is 0. The van der Waals surface area contributed by atoms with Gasteiger partial charge in [-0.05, 0) is 30.5 Å². The van der Waals surface area contributed by atoms with Gasteiger partial charge < -0.3 is 19.3 Å². The third-order valence-corrected chi connectivity index (χ3v) is 5.59. The van der Waals surface area contributed by atoms with E-state index < -0.39 is 29.4 Å². The fourth-order valence-corrected chi connectivity index (χ4v) is 4.32. The highest BCUT2D eigenvalue weighted by atomic mass is 19.1. The van der Waals surface area contributed by atoms with Crippen molar-refractivity contribution in [2.75, 3.05) is 20.2 Å². The van der Waals surface area contributed by atoms with Crippen LogP contribution in [0.1, 0.15) is 37.3 Å². The van der Waals surface area contributed by atoms with Gasteiger partial charge in [0.1, 0.15) is 17.9 Å². The first-order valence-electron chi connectivity index (χ1n) is 8.73. The summed E-state index contributed by atoms with van der Waals surface area (Å²) in [4.78, 5) is 28.0. The molecule has 2 atom stereocenters. The Bertz CT molecular complexity index is 728. The first-order valence-corrected chi connectivity index (χ1v) is 8.73. The molecular formula is C18H20F2N2O4. The maximum Gasteiger partial charge on any atom is 0.409 e. The number of fused-ring (bicyclic) bond motifs is 1. The highest BCUT2D eigenvalue weighted by Gasteiger charge is 2.58. The molecule has 3 heterocycles. The van der Waals surface area contributed by atoms with Crippen molar-refractivity contribution in [3.05, 3.63) is 35.4 Å². The van der Waals surface area contributed by atoms with Crippen LogP contribution >= 0.6 is 0 Å². The summed E-state index contributed by atoms with van der Waals surface area (Å²) in [6.45, 7) is 0.746. The quantitative estimate of drug-likeness (QED) is 0.767. The van der Waals surface area contributed by atoms with E-state index in [1.807, 2.05) is 0 Å². The van der Waals surface area contributed by atoms with Crippen LogP contribution in [-0.2, 0) is 14.3 Å². The number of piperidine rings is 1. The number of methoxy groups -OCH3 is 1. The lowest BCUT2D eigenvalue weighted by Gasteiger charge is -2.36. The summed E-state index contributed by atoms with van der Waals surface area (Å²) in [6, 6.07) is 2.97. The molecule has 0 saturated carbocycles. The standard InChI is InChI=1S/C18H20F2N2O4/c1-25-17(24)21-6-4-18(5-7-21)16(23)22-14(2-3-15(22)26-18)11-8-12(19)10-13(20)9-11/h8-10,14-15H,2-7H2,1H3/t14-,15+/m0/s1. The zero-order chi connectivity index (χ0) is 18.5. The smallest absolute Gasteiger partial charge is 0.409 e. The van der Waals surface area contributed by atoms with Crippen LogP contribution in [0.3, 0.4) is 0 Å². The maximum atomic E-state index is 13.6. The van der Waals surface area contributed by atoms with Gasteiger partial charge in [-0.1, -0.05) is 0 Å². The molecule has 0 aromatic heterocycles. The lowest BCUT2D eigenvalue weighted by Crippen LogP contribution is -2.51. The highest BCUT2D eigenvalue weighted by molar-refractivity contribution is 5.88. The molecule has 4 rings (SSSR count). The Balaban J connectivity index is 1.54. The number of ether oxygens (including phenoxy) is 2. The van der Waals surface area contributed by atoms with E-state index in [9.17, 15) is 18.4 Å². The Morgan fingerprint density at radius 3 is 2.46 bits per heavy atom. The van der Waals surface area contributed by atoms with Gasteiger partial charge in [0.25, 0.3) is 5.91 Å². The molecule has 3 saturated heterocycles. The summed E-state index contributed by atoms with van der Waals surface area (Å²) in [5, 5.41) is 0. The SMILES string of the molecule is COC(=O)N1CCC2(CC1)O[C@@H]1CC[C@@H](c3cc(F)cc(F)c3)N1C2=O. The molecule has 0 bridgehead atoms. The van der Waals surface area contributed by atoms with Crippen molar-refractivity contribution in [3.63, 3.8) is 0 Å². The molecule has 0 N–H and O–H groups in total. The Hall–Kier alpha value is -2.22. The topological polar surface area (TPSA) is 59.1 Å². The van der Waals surface area contributed by atoms with Crippen molar-refractivity contribution in [2.24, 2.45) is 0 Å². The Morgan fingerprint density at radius 1 is 1.19 bits per heavy atom. The summed E-state index contributed by atoms with van der Waals surface area (Å²) >= 11 is 0. The molecule has 0 aliphatic carbocycles. The van der Waals surface area contributed by atoms with Gasteiger partial charge in [0.05, 0.1) is 13.2 Å². The van der Waals surface area contributed by atoms with Gasteiger partial charge in [-0.2, -0.15) is 0 Å². The molecule has 1 aromatic carbocycles. The predicted octanol–water partition coefficient (Wildman–Crippen LogP) is 2.59. The lowest BCUT2D eigenvalue weighted by molar-refractivity contribution is -0.142. The molecule has 140 valence electrons. The number of carbonyl (C=O) groups is 2. The van der Waals surface area contributed by atoms with Crippen LogP contribution in [0.25, 0.3) is 0 Å². The first-order chi connectivity index (χ1) is 12.4. The third-order valence-electron chi connectivity index (χ3n) is 5.59. The number of hydrogen-bond acceptors (Lipinski definition) is 4.